The first-order valence-corrected chi connectivity index (χ1v) is 11.2. The second kappa shape index (κ2) is 11.5. The summed E-state index contributed by atoms with van der Waals surface area (Å²) in [5.41, 5.74) is 3.50. The zero-order valence-electron chi connectivity index (χ0n) is 19.0. The number of ether oxygens (including phenoxy) is 2. The molecule has 6 heteroatoms. The van der Waals surface area contributed by atoms with Gasteiger partial charge in [0.05, 0.1) is 6.42 Å². The Kier molecular flexibility index (Phi) is 7.76. The van der Waals surface area contributed by atoms with Gasteiger partial charge in [-0.3, -0.25) is 9.59 Å². The van der Waals surface area contributed by atoms with Crippen LogP contribution in [-0.4, -0.2) is 17.0 Å². The van der Waals surface area contributed by atoms with Crippen molar-refractivity contribution in [3.63, 3.8) is 0 Å². The smallest absolute Gasteiger partial charge is 0.307 e. The van der Waals surface area contributed by atoms with Crippen molar-refractivity contribution in [2.75, 3.05) is 5.32 Å². The zero-order chi connectivity index (χ0) is 24.5. The maximum atomic E-state index is 12.8. The van der Waals surface area contributed by atoms with Gasteiger partial charge in [0.25, 0.3) is 5.91 Å². The number of hydrogen-bond acceptors (Lipinski definition) is 4. The molecule has 0 aliphatic heterocycles. The van der Waals surface area contributed by atoms with Crippen molar-refractivity contribution in [3.8, 4) is 11.5 Å². The summed E-state index contributed by atoms with van der Waals surface area (Å²) < 4.78 is 11.7. The van der Waals surface area contributed by atoms with Gasteiger partial charge in [0.1, 0.15) is 24.7 Å². The second-order valence-electron chi connectivity index (χ2n) is 7.92. The highest BCUT2D eigenvalue weighted by Gasteiger charge is 2.12. The van der Waals surface area contributed by atoms with Gasteiger partial charge >= 0.3 is 5.97 Å². The van der Waals surface area contributed by atoms with E-state index in [1.165, 1.54) is 0 Å². The van der Waals surface area contributed by atoms with Crippen LogP contribution in [0.25, 0.3) is 0 Å². The Hall–Kier alpha value is -4.58. The number of carboxylic acid groups (broad SMARTS) is 1. The lowest BCUT2D eigenvalue weighted by atomic mass is 10.1. The molecule has 0 unspecified atom stereocenters. The summed E-state index contributed by atoms with van der Waals surface area (Å²) in [7, 11) is 0. The highest BCUT2D eigenvalue weighted by atomic mass is 16.5. The first-order valence-electron chi connectivity index (χ1n) is 11.2. The first kappa shape index (κ1) is 23.6. The van der Waals surface area contributed by atoms with Crippen LogP contribution in [0.1, 0.15) is 27.0 Å². The molecular formula is C29H25NO5. The molecule has 0 saturated carbocycles. The van der Waals surface area contributed by atoms with E-state index in [2.05, 4.69) is 5.32 Å². The van der Waals surface area contributed by atoms with E-state index in [1.807, 2.05) is 54.6 Å². The van der Waals surface area contributed by atoms with E-state index in [-0.39, 0.29) is 12.3 Å². The summed E-state index contributed by atoms with van der Waals surface area (Å²) in [5, 5.41) is 11.9. The maximum Gasteiger partial charge on any atom is 0.307 e. The number of amides is 1. The minimum atomic E-state index is -0.960. The molecule has 0 heterocycles. The average Bonchev–Trinajstić information content (AvgIpc) is 2.88. The van der Waals surface area contributed by atoms with Gasteiger partial charge in [0.2, 0.25) is 0 Å². The van der Waals surface area contributed by atoms with Gasteiger partial charge < -0.3 is 19.9 Å². The van der Waals surface area contributed by atoms with E-state index in [9.17, 15) is 9.59 Å². The van der Waals surface area contributed by atoms with Crippen LogP contribution in [0.3, 0.4) is 0 Å². The molecular weight excluding hydrogens is 442 g/mol. The zero-order valence-corrected chi connectivity index (χ0v) is 19.0. The number of aliphatic carboxylic acids is 1. The predicted molar refractivity (Wildman–Crippen MR) is 134 cm³/mol. The Balaban J connectivity index is 1.33. The number of benzene rings is 4. The van der Waals surface area contributed by atoms with Crippen LogP contribution in [-0.2, 0) is 24.4 Å². The van der Waals surface area contributed by atoms with Crippen molar-refractivity contribution in [2.24, 2.45) is 0 Å². The van der Waals surface area contributed by atoms with E-state index in [4.69, 9.17) is 14.6 Å². The lowest BCUT2D eigenvalue weighted by Crippen LogP contribution is -2.14. The van der Waals surface area contributed by atoms with Crippen LogP contribution in [0, 0.1) is 0 Å². The van der Waals surface area contributed by atoms with Gasteiger partial charge in [-0.1, -0.05) is 66.7 Å². The fraction of sp³-hybridized carbons (Fsp3) is 0.103. The van der Waals surface area contributed by atoms with Crippen LogP contribution >= 0.6 is 0 Å². The SMILES string of the molecule is O=C(O)Cc1ccccc1NC(=O)c1cccc(OCc2ccc(OCc3ccccc3)cc2)c1. The van der Waals surface area contributed by atoms with E-state index >= 15 is 0 Å². The number of rotatable bonds is 10. The molecule has 0 aliphatic rings. The molecule has 0 spiro atoms. The topological polar surface area (TPSA) is 84.9 Å². The number of carbonyl (C=O) groups excluding carboxylic acids is 1. The molecule has 0 aromatic heterocycles. The number of carboxylic acids is 1. The van der Waals surface area contributed by atoms with Crippen molar-refractivity contribution in [3.05, 3.63) is 125 Å². The normalized spacial score (nSPS) is 10.4. The molecule has 0 radical (unpaired) electrons. The molecule has 6 nitrogen and oxygen atoms in total. The number of carbonyl (C=O) groups is 2. The summed E-state index contributed by atoms with van der Waals surface area (Å²) >= 11 is 0. The van der Waals surface area contributed by atoms with Gasteiger partial charge in [-0.2, -0.15) is 0 Å². The van der Waals surface area contributed by atoms with Crippen LogP contribution in [0.5, 0.6) is 11.5 Å². The van der Waals surface area contributed by atoms with Gasteiger partial charge in [-0.15, -0.1) is 0 Å². The van der Waals surface area contributed by atoms with Crippen molar-refractivity contribution in [1.29, 1.82) is 0 Å². The Labute approximate surface area is 203 Å². The molecule has 35 heavy (non-hydrogen) atoms. The number of nitrogens with one attached hydrogen (secondary N) is 1. The molecule has 2 N–H and O–H groups in total. The molecule has 0 saturated heterocycles. The average molecular weight is 468 g/mol. The Morgan fingerprint density at radius 1 is 0.686 bits per heavy atom. The monoisotopic (exact) mass is 467 g/mol. The van der Waals surface area contributed by atoms with Crippen molar-refractivity contribution >= 4 is 17.6 Å². The molecule has 0 bridgehead atoms. The van der Waals surface area contributed by atoms with Crippen molar-refractivity contribution in [2.45, 2.75) is 19.6 Å². The molecule has 4 aromatic rings. The quantitative estimate of drug-likeness (QED) is 0.311. The first-order chi connectivity index (χ1) is 17.1. The van der Waals surface area contributed by atoms with Gasteiger partial charge in [-0.05, 0) is 53.1 Å². The summed E-state index contributed by atoms with van der Waals surface area (Å²) in [6.45, 7) is 0.845. The Morgan fingerprint density at radius 2 is 1.34 bits per heavy atom. The fourth-order valence-electron chi connectivity index (χ4n) is 3.47. The van der Waals surface area contributed by atoms with Gasteiger partial charge in [-0.25, -0.2) is 0 Å². The molecule has 0 atom stereocenters. The van der Waals surface area contributed by atoms with Crippen molar-refractivity contribution < 1.29 is 24.2 Å². The molecule has 4 aromatic carbocycles. The van der Waals surface area contributed by atoms with Crippen molar-refractivity contribution in [1.82, 2.24) is 0 Å². The van der Waals surface area contributed by atoms with E-state index in [0.717, 1.165) is 16.9 Å². The predicted octanol–water partition coefficient (Wildman–Crippen LogP) is 5.72. The standard InChI is InChI=1S/C29H25NO5/c31-28(32)18-23-9-4-5-12-27(23)30-29(33)24-10-6-11-26(17-24)35-20-22-13-15-25(16-14-22)34-19-21-7-2-1-3-8-21/h1-17H,18-20H2,(H,30,33)(H,31,32). The highest BCUT2D eigenvalue weighted by molar-refractivity contribution is 6.05. The number of anilines is 1. The third-order valence-corrected chi connectivity index (χ3v) is 5.28. The minimum Gasteiger partial charge on any atom is -0.489 e. The lowest BCUT2D eigenvalue weighted by molar-refractivity contribution is -0.136. The van der Waals surface area contributed by atoms with Crippen LogP contribution in [0.15, 0.2) is 103 Å². The third-order valence-electron chi connectivity index (χ3n) is 5.28. The lowest BCUT2D eigenvalue weighted by Gasteiger charge is -2.11. The summed E-state index contributed by atoms with van der Waals surface area (Å²) in [6.07, 6.45) is -0.171. The molecule has 0 aliphatic carbocycles. The van der Waals surface area contributed by atoms with Crippen LogP contribution in [0.4, 0.5) is 5.69 Å². The number of para-hydroxylation sites is 1. The Bertz CT molecular complexity index is 1290. The summed E-state index contributed by atoms with van der Waals surface area (Å²) in [5.74, 6) is 0.0337. The van der Waals surface area contributed by atoms with E-state index in [0.29, 0.717) is 35.8 Å². The molecule has 4 rings (SSSR count). The fourth-order valence-corrected chi connectivity index (χ4v) is 3.47. The van der Waals surface area contributed by atoms with E-state index < -0.39 is 5.97 Å². The second-order valence-corrected chi connectivity index (χ2v) is 7.92. The van der Waals surface area contributed by atoms with Gasteiger partial charge in [0.15, 0.2) is 0 Å². The highest BCUT2D eigenvalue weighted by Crippen LogP contribution is 2.20. The largest absolute Gasteiger partial charge is 0.489 e. The van der Waals surface area contributed by atoms with Gasteiger partial charge in [0, 0.05) is 11.3 Å². The molecule has 1 amide bonds. The molecule has 0 fully saturated rings. The Morgan fingerprint density at radius 3 is 2.09 bits per heavy atom. The number of hydrogen-bond donors (Lipinski definition) is 2. The van der Waals surface area contributed by atoms with Crippen LogP contribution < -0.4 is 14.8 Å². The summed E-state index contributed by atoms with van der Waals surface area (Å²) in [4.78, 5) is 23.8. The molecule has 176 valence electrons. The summed E-state index contributed by atoms with van der Waals surface area (Å²) in [6, 6.07) is 31.4. The van der Waals surface area contributed by atoms with Crippen LogP contribution in [0.2, 0.25) is 0 Å². The minimum absolute atomic E-state index is 0.171. The third kappa shape index (κ3) is 6.95. The van der Waals surface area contributed by atoms with E-state index in [1.54, 1.807) is 48.5 Å². The maximum absolute atomic E-state index is 12.8.